The molecule has 0 amide bonds. The van der Waals surface area contributed by atoms with Crippen LogP contribution in [0.2, 0.25) is 0 Å². The summed E-state index contributed by atoms with van der Waals surface area (Å²) in [4.78, 5) is 0. The minimum Gasteiger partial charge on any atom is -0.313 e. The second-order valence-corrected chi connectivity index (χ2v) is 7.79. The first-order valence-electron chi connectivity index (χ1n) is 5.62. The van der Waals surface area contributed by atoms with Crippen molar-refractivity contribution in [2.24, 2.45) is 0 Å². The van der Waals surface area contributed by atoms with Gasteiger partial charge in [-0.1, -0.05) is 18.3 Å². The highest BCUT2D eigenvalue weighted by molar-refractivity contribution is 7.94. The molecule has 2 aromatic rings. The molecular weight excluding hydrogens is 304 g/mol. The van der Waals surface area contributed by atoms with Gasteiger partial charge in [-0.2, -0.15) is 0 Å². The van der Waals surface area contributed by atoms with Crippen LogP contribution < -0.4 is 10.0 Å². The summed E-state index contributed by atoms with van der Waals surface area (Å²) in [6.07, 6.45) is 0. The van der Waals surface area contributed by atoms with E-state index in [1.807, 2.05) is 12.3 Å². The Hall–Kier alpha value is -1.03. The van der Waals surface area contributed by atoms with Gasteiger partial charge in [0, 0.05) is 6.54 Å². The number of anilines is 1. The van der Waals surface area contributed by atoms with Crippen LogP contribution in [0.15, 0.2) is 15.7 Å². The van der Waals surface area contributed by atoms with Crippen molar-refractivity contribution in [1.29, 1.82) is 0 Å². The van der Waals surface area contributed by atoms with Gasteiger partial charge in [-0.15, -0.1) is 21.5 Å². The molecule has 104 valence electrons. The summed E-state index contributed by atoms with van der Waals surface area (Å²) >= 11 is 2.41. The van der Waals surface area contributed by atoms with Gasteiger partial charge in [-0.05, 0) is 30.5 Å². The molecular formula is C10H14N4O2S3. The van der Waals surface area contributed by atoms with Gasteiger partial charge in [0.25, 0.3) is 10.0 Å². The summed E-state index contributed by atoms with van der Waals surface area (Å²) in [5.74, 6) is 0. The predicted octanol–water partition coefficient (Wildman–Crippen LogP) is 1.82. The lowest BCUT2D eigenvalue weighted by Gasteiger charge is -2.01. The van der Waals surface area contributed by atoms with Crippen LogP contribution in [0.3, 0.4) is 0 Å². The summed E-state index contributed by atoms with van der Waals surface area (Å²) in [5, 5.41) is 13.5. The molecule has 19 heavy (non-hydrogen) atoms. The highest BCUT2D eigenvalue weighted by atomic mass is 32.2. The molecule has 0 spiro atoms. The number of nitrogens with one attached hydrogen (secondary N) is 2. The van der Waals surface area contributed by atoms with Crippen molar-refractivity contribution in [2.45, 2.75) is 24.6 Å². The lowest BCUT2D eigenvalue weighted by Crippen LogP contribution is -2.12. The van der Waals surface area contributed by atoms with Gasteiger partial charge in [0.15, 0.2) is 0 Å². The van der Waals surface area contributed by atoms with E-state index in [0.717, 1.165) is 17.1 Å². The average molecular weight is 318 g/mol. The maximum Gasteiger partial charge on any atom is 0.273 e. The quantitative estimate of drug-likeness (QED) is 0.849. The molecule has 0 aliphatic rings. The molecule has 0 aliphatic heterocycles. The van der Waals surface area contributed by atoms with E-state index in [1.54, 1.807) is 13.0 Å². The van der Waals surface area contributed by atoms with Gasteiger partial charge in [0.1, 0.15) is 9.22 Å². The summed E-state index contributed by atoms with van der Waals surface area (Å²) in [5.41, 5.74) is 0.959. The van der Waals surface area contributed by atoms with Crippen LogP contribution >= 0.6 is 22.7 Å². The first-order valence-corrected chi connectivity index (χ1v) is 8.80. The smallest absolute Gasteiger partial charge is 0.273 e. The Labute approximate surface area is 119 Å². The number of aromatic nitrogens is 2. The third kappa shape index (κ3) is 3.72. The highest BCUT2D eigenvalue weighted by Gasteiger charge is 2.18. The molecule has 0 unspecified atom stereocenters. The SMILES string of the molecule is CCNCc1csc(S(=O)(=O)Nc2nnc(C)s2)c1. The molecule has 0 saturated carbocycles. The zero-order valence-corrected chi connectivity index (χ0v) is 13.0. The molecule has 2 rings (SSSR count). The first-order chi connectivity index (χ1) is 9.01. The molecule has 0 radical (unpaired) electrons. The molecule has 0 bridgehead atoms. The van der Waals surface area contributed by atoms with Gasteiger partial charge in [-0.3, -0.25) is 4.72 Å². The van der Waals surface area contributed by atoms with Gasteiger partial charge in [0.2, 0.25) is 5.13 Å². The van der Waals surface area contributed by atoms with Crippen molar-refractivity contribution in [3.63, 3.8) is 0 Å². The summed E-state index contributed by atoms with van der Waals surface area (Å²) in [6.45, 7) is 5.29. The molecule has 6 nitrogen and oxygen atoms in total. The van der Waals surface area contributed by atoms with E-state index in [0.29, 0.717) is 11.7 Å². The summed E-state index contributed by atoms with van der Waals surface area (Å²) in [6, 6.07) is 1.67. The molecule has 0 saturated heterocycles. The number of nitrogens with zero attached hydrogens (tertiary/aromatic N) is 2. The number of thiophene rings is 1. The third-order valence-corrected chi connectivity index (χ3v) is 5.93. The maximum atomic E-state index is 12.1. The van der Waals surface area contributed by atoms with Crippen LogP contribution in [0.25, 0.3) is 0 Å². The average Bonchev–Trinajstić information content (AvgIpc) is 2.95. The Morgan fingerprint density at radius 2 is 2.16 bits per heavy atom. The largest absolute Gasteiger partial charge is 0.313 e. The lowest BCUT2D eigenvalue weighted by molar-refractivity contribution is 0.603. The van der Waals surface area contributed by atoms with Gasteiger partial charge in [0.05, 0.1) is 0 Å². The fourth-order valence-corrected chi connectivity index (χ4v) is 4.39. The summed E-state index contributed by atoms with van der Waals surface area (Å²) in [7, 11) is -3.56. The topological polar surface area (TPSA) is 84.0 Å². The molecule has 0 fully saturated rings. The van der Waals surface area contributed by atoms with Crippen LogP contribution in [0.1, 0.15) is 17.5 Å². The van der Waals surface area contributed by atoms with Crippen molar-refractivity contribution in [2.75, 3.05) is 11.3 Å². The minimum atomic E-state index is -3.56. The Balaban J connectivity index is 2.13. The van der Waals surface area contributed by atoms with Gasteiger partial charge < -0.3 is 5.32 Å². The van der Waals surface area contributed by atoms with Gasteiger partial charge >= 0.3 is 0 Å². The van der Waals surface area contributed by atoms with E-state index in [4.69, 9.17) is 0 Å². The standard InChI is InChI=1S/C10H14N4O2S3/c1-3-11-5-8-4-9(17-6-8)19(15,16)14-10-13-12-7(2)18-10/h4,6,11H,3,5H2,1-2H3,(H,13,14). The molecule has 0 atom stereocenters. The molecule has 2 heterocycles. The number of hydrogen-bond acceptors (Lipinski definition) is 7. The van der Waals surface area contributed by atoms with E-state index in [-0.39, 0.29) is 4.21 Å². The second-order valence-electron chi connectivity index (χ2n) is 3.79. The number of aryl methyl sites for hydroxylation is 1. The zero-order valence-electron chi connectivity index (χ0n) is 10.5. The highest BCUT2D eigenvalue weighted by Crippen LogP contribution is 2.24. The predicted molar refractivity (Wildman–Crippen MR) is 77.2 cm³/mol. The monoisotopic (exact) mass is 318 g/mol. The van der Waals surface area contributed by atoms with Crippen LogP contribution in [-0.4, -0.2) is 25.2 Å². The normalized spacial score (nSPS) is 11.7. The van der Waals surface area contributed by atoms with Crippen LogP contribution in [0.4, 0.5) is 5.13 Å². The van der Waals surface area contributed by atoms with Crippen LogP contribution in [-0.2, 0) is 16.6 Å². The maximum absolute atomic E-state index is 12.1. The molecule has 0 aromatic carbocycles. The Kier molecular flexibility index (Phi) is 4.50. The number of hydrogen-bond donors (Lipinski definition) is 2. The first kappa shape index (κ1) is 14.4. The fraction of sp³-hybridized carbons (Fsp3) is 0.400. The Bertz CT molecular complexity index is 647. The van der Waals surface area contributed by atoms with Crippen molar-refractivity contribution in [3.05, 3.63) is 22.0 Å². The van der Waals surface area contributed by atoms with E-state index in [1.165, 1.54) is 22.7 Å². The number of sulfonamides is 1. The number of rotatable bonds is 6. The molecule has 0 aliphatic carbocycles. The minimum absolute atomic E-state index is 0.285. The van der Waals surface area contributed by atoms with E-state index >= 15 is 0 Å². The van der Waals surface area contributed by atoms with Crippen LogP contribution in [0.5, 0.6) is 0 Å². The summed E-state index contributed by atoms with van der Waals surface area (Å²) < 4.78 is 26.9. The molecule has 9 heteroatoms. The van der Waals surface area contributed by atoms with Gasteiger partial charge in [-0.25, -0.2) is 8.42 Å². The lowest BCUT2D eigenvalue weighted by atomic mass is 10.3. The van der Waals surface area contributed by atoms with Crippen molar-refractivity contribution >= 4 is 37.8 Å². The van der Waals surface area contributed by atoms with E-state index < -0.39 is 10.0 Å². The Morgan fingerprint density at radius 3 is 2.79 bits per heavy atom. The van der Waals surface area contributed by atoms with Crippen LogP contribution in [0, 0.1) is 6.92 Å². The van der Waals surface area contributed by atoms with E-state index in [9.17, 15) is 8.42 Å². The molecule has 2 N–H and O–H groups in total. The van der Waals surface area contributed by atoms with Crippen molar-refractivity contribution in [1.82, 2.24) is 15.5 Å². The van der Waals surface area contributed by atoms with E-state index in [2.05, 4.69) is 20.2 Å². The third-order valence-electron chi connectivity index (χ3n) is 2.22. The van der Waals surface area contributed by atoms with Crippen molar-refractivity contribution < 1.29 is 8.42 Å². The second kappa shape index (κ2) is 5.95. The van der Waals surface area contributed by atoms with Crippen molar-refractivity contribution in [3.8, 4) is 0 Å². The zero-order chi connectivity index (χ0) is 13.9. The molecule has 2 aromatic heterocycles. The Morgan fingerprint density at radius 1 is 1.37 bits per heavy atom. The fourth-order valence-electron chi connectivity index (χ4n) is 1.36.